The van der Waals surface area contributed by atoms with E-state index in [4.69, 9.17) is 21.3 Å². The maximum absolute atomic E-state index is 16.9. The molecule has 14 heteroatoms. The highest BCUT2D eigenvalue weighted by molar-refractivity contribution is 7.23. The van der Waals surface area contributed by atoms with Gasteiger partial charge in [0.15, 0.2) is 5.82 Å². The van der Waals surface area contributed by atoms with Crippen molar-refractivity contribution in [2.45, 2.75) is 56.7 Å². The molecule has 0 bridgehead atoms. The van der Waals surface area contributed by atoms with Gasteiger partial charge in [0.2, 0.25) is 0 Å². The minimum absolute atomic E-state index is 0.00508. The van der Waals surface area contributed by atoms with Crippen molar-refractivity contribution in [3.05, 3.63) is 40.4 Å². The van der Waals surface area contributed by atoms with Crippen LogP contribution in [0.1, 0.15) is 50.5 Å². The number of nitrogens with zero attached hydrogens (tertiary/aromatic N) is 5. The topological polar surface area (TPSA) is 115 Å². The Labute approximate surface area is 271 Å². The molecule has 2 N–H and O–H groups in total. The number of fused-ring (bicyclic) bond motifs is 3. The summed E-state index contributed by atoms with van der Waals surface area (Å²) in [5.41, 5.74) is -0.664. The minimum atomic E-state index is -1.43. The Bertz CT molecular complexity index is 1910. The molecule has 7 rings (SSSR count). The van der Waals surface area contributed by atoms with Gasteiger partial charge in [0, 0.05) is 42.4 Å². The molecule has 3 aliphatic rings. The van der Waals surface area contributed by atoms with E-state index in [1.807, 2.05) is 6.07 Å². The SMILES string of the molecule is N#Cc1c(NC(=O)O)sc2c(F)ccc(-c3c(Cl)cc4c(N5CCCCCC5)nc(OC[C@@]56CCCN5C[C@H](F)C6)nc4c3F)c12. The van der Waals surface area contributed by atoms with Gasteiger partial charge in [0.1, 0.15) is 41.0 Å². The third kappa shape index (κ3) is 5.26. The molecule has 9 nitrogen and oxygen atoms in total. The van der Waals surface area contributed by atoms with Crippen LogP contribution >= 0.6 is 22.9 Å². The van der Waals surface area contributed by atoms with E-state index in [-0.39, 0.29) is 54.9 Å². The van der Waals surface area contributed by atoms with Crippen LogP contribution in [0.2, 0.25) is 5.02 Å². The number of hydrogen-bond donors (Lipinski definition) is 2. The van der Waals surface area contributed by atoms with Gasteiger partial charge >= 0.3 is 12.1 Å². The highest BCUT2D eigenvalue weighted by Crippen LogP contribution is 2.47. The number of nitriles is 1. The number of carboxylic acid groups (broad SMARTS) is 1. The number of benzene rings is 2. The first-order valence-corrected chi connectivity index (χ1v) is 16.5. The molecule has 0 radical (unpaired) electrons. The average Bonchev–Trinajstić information content (AvgIpc) is 3.58. The second kappa shape index (κ2) is 12.1. The highest BCUT2D eigenvalue weighted by atomic mass is 35.5. The van der Waals surface area contributed by atoms with Crippen molar-refractivity contribution in [3.63, 3.8) is 0 Å². The van der Waals surface area contributed by atoms with Crippen molar-refractivity contribution in [1.82, 2.24) is 14.9 Å². The number of hydrogen-bond acceptors (Lipinski definition) is 8. The predicted molar refractivity (Wildman–Crippen MR) is 171 cm³/mol. The Kier molecular flexibility index (Phi) is 8.07. The first-order chi connectivity index (χ1) is 22.2. The van der Waals surface area contributed by atoms with E-state index in [0.717, 1.165) is 62.5 Å². The van der Waals surface area contributed by atoms with Gasteiger partial charge in [-0.05, 0) is 49.9 Å². The van der Waals surface area contributed by atoms with E-state index >= 15 is 8.78 Å². The van der Waals surface area contributed by atoms with E-state index in [1.54, 1.807) is 6.07 Å². The lowest BCUT2D eigenvalue weighted by molar-refractivity contribution is 0.107. The lowest BCUT2D eigenvalue weighted by Crippen LogP contribution is -2.43. The third-order valence-corrected chi connectivity index (χ3v) is 10.8. The second-order valence-corrected chi connectivity index (χ2v) is 13.6. The molecular weight excluding hydrogens is 641 g/mol. The number of ether oxygens (including phenoxy) is 1. The summed E-state index contributed by atoms with van der Waals surface area (Å²) in [6.07, 6.45) is 3.70. The van der Waals surface area contributed by atoms with E-state index in [9.17, 15) is 19.6 Å². The number of alkyl halides is 1. The van der Waals surface area contributed by atoms with Crippen LogP contribution < -0.4 is 15.0 Å². The van der Waals surface area contributed by atoms with E-state index < -0.39 is 29.4 Å². The summed E-state index contributed by atoms with van der Waals surface area (Å²) in [7, 11) is 0. The first-order valence-electron chi connectivity index (χ1n) is 15.3. The first kappa shape index (κ1) is 30.8. The summed E-state index contributed by atoms with van der Waals surface area (Å²) in [6.45, 7) is 2.72. The smallest absolute Gasteiger partial charge is 0.409 e. The number of aromatic nitrogens is 2. The molecule has 0 unspecified atom stereocenters. The van der Waals surface area contributed by atoms with Crippen LogP contribution in [0.3, 0.4) is 0 Å². The highest BCUT2D eigenvalue weighted by Gasteiger charge is 2.49. The van der Waals surface area contributed by atoms with Crippen LogP contribution in [0.5, 0.6) is 6.01 Å². The fourth-order valence-corrected chi connectivity index (χ4v) is 8.68. The van der Waals surface area contributed by atoms with Gasteiger partial charge in [-0.3, -0.25) is 10.2 Å². The minimum Gasteiger partial charge on any atom is -0.465 e. The quantitative estimate of drug-likeness (QED) is 0.214. The van der Waals surface area contributed by atoms with Gasteiger partial charge in [0.05, 0.1) is 20.8 Å². The van der Waals surface area contributed by atoms with Crippen LogP contribution in [-0.2, 0) is 0 Å². The largest absolute Gasteiger partial charge is 0.465 e. The summed E-state index contributed by atoms with van der Waals surface area (Å²) in [5, 5.41) is 21.7. The summed E-state index contributed by atoms with van der Waals surface area (Å²) in [5.74, 6) is -1.03. The zero-order valence-electron chi connectivity index (χ0n) is 24.7. The van der Waals surface area contributed by atoms with Crippen molar-refractivity contribution in [3.8, 4) is 23.2 Å². The lowest BCUT2D eigenvalue weighted by Gasteiger charge is -2.31. The molecule has 5 heterocycles. The molecule has 2 aromatic heterocycles. The Morgan fingerprint density at radius 1 is 1.20 bits per heavy atom. The van der Waals surface area contributed by atoms with Crippen LogP contribution in [0.4, 0.5) is 28.8 Å². The van der Waals surface area contributed by atoms with Crippen LogP contribution in [-0.4, -0.2) is 70.6 Å². The van der Waals surface area contributed by atoms with Crippen molar-refractivity contribution in [1.29, 1.82) is 5.26 Å². The van der Waals surface area contributed by atoms with Gasteiger partial charge in [-0.15, -0.1) is 11.3 Å². The van der Waals surface area contributed by atoms with Crippen molar-refractivity contribution in [2.75, 3.05) is 43.0 Å². The number of carbonyl (C=O) groups is 1. The molecule has 0 saturated carbocycles. The zero-order chi connectivity index (χ0) is 32.2. The Balaban J connectivity index is 1.39. The maximum Gasteiger partial charge on any atom is 0.409 e. The van der Waals surface area contributed by atoms with E-state index in [0.29, 0.717) is 37.3 Å². The monoisotopic (exact) mass is 670 g/mol. The summed E-state index contributed by atoms with van der Waals surface area (Å²) < 4.78 is 52.5. The second-order valence-electron chi connectivity index (χ2n) is 12.2. The number of nitrogens with one attached hydrogen (secondary N) is 1. The molecule has 3 aliphatic heterocycles. The summed E-state index contributed by atoms with van der Waals surface area (Å²) >= 11 is 7.55. The zero-order valence-corrected chi connectivity index (χ0v) is 26.3. The molecule has 4 aromatic rings. The van der Waals surface area contributed by atoms with Gasteiger partial charge in [0.25, 0.3) is 0 Å². The Morgan fingerprint density at radius 2 is 1.98 bits per heavy atom. The normalized spacial score (nSPS) is 21.8. The molecule has 240 valence electrons. The number of anilines is 2. The summed E-state index contributed by atoms with van der Waals surface area (Å²) in [4.78, 5) is 24.9. The lowest BCUT2D eigenvalue weighted by atomic mass is 9.95. The predicted octanol–water partition coefficient (Wildman–Crippen LogP) is 7.74. The Morgan fingerprint density at radius 3 is 2.72 bits per heavy atom. The standard InChI is InChI=1S/C32H30ClF3N6O3S/c33-21-12-19-26(25(36)24(21)18-6-7-22(35)27-23(18)20(14-37)29(46-27)40-31(43)44)38-30(39-28(19)41-9-3-1-2-4-10-41)45-16-32-8-5-11-42(32)15-17(34)13-32/h6-7,12,17,40H,1-5,8-11,13,15-16H2,(H,43,44)/t17-,32+/m1/s1. The molecule has 3 saturated heterocycles. The number of rotatable bonds is 6. The number of thiophene rings is 1. The van der Waals surface area contributed by atoms with Crippen LogP contribution in [0, 0.1) is 23.0 Å². The third-order valence-electron chi connectivity index (χ3n) is 9.37. The fraction of sp³-hybridized carbons (Fsp3) is 0.438. The van der Waals surface area contributed by atoms with E-state index in [1.165, 1.54) is 6.07 Å². The molecule has 1 amide bonds. The molecule has 0 spiro atoms. The number of halogens is 4. The van der Waals surface area contributed by atoms with Crippen LogP contribution in [0.25, 0.3) is 32.1 Å². The maximum atomic E-state index is 16.9. The molecule has 46 heavy (non-hydrogen) atoms. The van der Waals surface area contributed by atoms with Crippen molar-refractivity contribution >= 4 is 60.8 Å². The van der Waals surface area contributed by atoms with E-state index in [2.05, 4.69) is 20.1 Å². The molecule has 2 atom stereocenters. The van der Waals surface area contributed by atoms with Crippen molar-refractivity contribution < 1.29 is 27.8 Å². The van der Waals surface area contributed by atoms with Crippen LogP contribution in [0.15, 0.2) is 18.2 Å². The van der Waals surface area contributed by atoms with Gasteiger partial charge in [-0.1, -0.05) is 30.5 Å². The van der Waals surface area contributed by atoms with Gasteiger partial charge in [-0.25, -0.2) is 18.0 Å². The average molecular weight is 671 g/mol. The fourth-order valence-electron chi connectivity index (χ4n) is 7.31. The molecule has 3 fully saturated rings. The Hall–Kier alpha value is -3.86. The molecule has 2 aromatic carbocycles. The van der Waals surface area contributed by atoms with Crippen molar-refractivity contribution in [2.24, 2.45) is 0 Å². The molecular formula is C32H30ClF3N6O3S. The van der Waals surface area contributed by atoms with Gasteiger partial charge < -0.3 is 14.7 Å². The van der Waals surface area contributed by atoms with Gasteiger partial charge in [-0.2, -0.15) is 15.2 Å². The number of amides is 1. The summed E-state index contributed by atoms with van der Waals surface area (Å²) in [6, 6.07) is 5.93. The molecule has 0 aliphatic carbocycles.